The molecule has 0 aliphatic heterocycles. The highest BCUT2D eigenvalue weighted by Crippen LogP contribution is 2.11. The van der Waals surface area contributed by atoms with Crippen molar-refractivity contribution < 1.29 is 17.2 Å². The molecule has 0 saturated carbocycles. The highest BCUT2D eigenvalue weighted by molar-refractivity contribution is 7.89. The van der Waals surface area contributed by atoms with Crippen LogP contribution in [0, 0.1) is 0 Å². The summed E-state index contributed by atoms with van der Waals surface area (Å²) in [4.78, 5) is 5.76. The Labute approximate surface area is 84.9 Å². The lowest BCUT2D eigenvalue weighted by Crippen LogP contribution is -2.41. The molecule has 4 N–H and O–H groups in total. The van der Waals surface area contributed by atoms with Crippen molar-refractivity contribution in [1.82, 2.24) is 14.7 Å². The van der Waals surface area contributed by atoms with Crippen molar-refractivity contribution in [2.45, 2.75) is 10.9 Å². The third-order valence-electron chi connectivity index (χ3n) is 1.58. The molecule has 1 rings (SSSR count). The lowest BCUT2D eigenvalue weighted by molar-refractivity contribution is 0.0170. The highest BCUT2D eigenvalue weighted by atomic mass is 32.2. The molecule has 0 unspecified atom stereocenters. The number of halogens is 2. The number of nitrogens with two attached hydrogens (primary N) is 1. The van der Waals surface area contributed by atoms with Gasteiger partial charge in [0.15, 0.2) is 5.03 Å². The predicted molar refractivity (Wildman–Crippen MR) is 47.8 cm³/mol. The lowest BCUT2D eigenvalue weighted by atomic mass is 10.3. The third-order valence-corrected chi connectivity index (χ3v) is 2.91. The molecular formula is C6H10F2N4O2S. The topological polar surface area (TPSA) is 101 Å². The van der Waals surface area contributed by atoms with E-state index in [1.807, 2.05) is 0 Å². The van der Waals surface area contributed by atoms with Crippen LogP contribution in [-0.2, 0) is 10.0 Å². The Morgan fingerprint density at radius 3 is 2.73 bits per heavy atom. The van der Waals surface area contributed by atoms with Gasteiger partial charge in [-0.3, -0.25) is 0 Å². The van der Waals surface area contributed by atoms with Gasteiger partial charge in [0.05, 0.1) is 25.6 Å². The van der Waals surface area contributed by atoms with Crippen molar-refractivity contribution in [1.29, 1.82) is 0 Å². The quantitative estimate of drug-likeness (QED) is 0.632. The van der Waals surface area contributed by atoms with Gasteiger partial charge >= 0.3 is 0 Å². The Kier molecular flexibility index (Phi) is 3.37. The standard InChI is InChI=1S/C6H10F2N4O2S/c7-6(8,2-9)3-12-15(13,14)5-1-10-4-11-5/h1,4,12H,2-3,9H2,(H,10,11). The first-order valence-electron chi connectivity index (χ1n) is 3.93. The van der Waals surface area contributed by atoms with Crippen molar-refractivity contribution in [2.75, 3.05) is 13.1 Å². The Bertz CT molecular complexity index is 403. The molecule has 15 heavy (non-hydrogen) atoms. The Balaban J connectivity index is 2.67. The van der Waals surface area contributed by atoms with Crippen LogP contribution in [0.15, 0.2) is 17.6 Å². The normalized spacial score (nSPS) is 13.0. The van der Waals surface area contributed by atoms with E-state index in [4.69, 9.17) is 5.73 Å². The molecule has 0 spiro atoms. The molecule has 1 aromatic rings. The number of nitrogens with one attached hydrogen (secondary N) is 2. The molecule has 86 valence electrons. The zero-order valence-electron chi connectivity index (χ0n) is 7.57. The molecule has 1 aromatic heterocycles. The minimum Gasteiger partial charge on any atom is -0.335 e. The summed E-state index contributed by atoms with van der Waals surface area (Å²) < 4.78 is 49.6. The van der Waals surface area contributed by atoms with Crippen molar-refractivity contribution in [3.63, 3.8) is 0 Å². The van der Waals surface area contributed by atoms with Crippen molar-refractivity contribution in [3.8, 4) is 0 Å². The van der Waals surface area contributed by atoms with Crippen LogP contribution in [0.5, 0.6) is 0 Å². The number of aromatic nitrogens is 2. The summed E-state index contributed by atoms with van der Waals surface area (Å²) >= 11 is 0. The molecule has 1 heterocycles. The summed E-state index contributed by atoms with van der Waals surface area (Å²) in [5.41, 5.74) is 4.75. The fourth-order valence-corrected chi connectivity index (χ4v) is 1.70. The van der Waals surface area contributed by atoms with Crippen LogP contribution in [0.2, 0.25) is 0 Å². The van der Waals surface area contributed by atoms with E-state index < -0.39 is 29.0 Å². The van der Waals surface area contributed by atoms with Crippen molar-refractivity contribution in [3.05, 3.63) is 12.5 Å². The fourth-order valence-electron chi connectivity index (χ4n) is 0.741. The van der Waals surface area contributed by atoms with Gasteiger partial charge < -0.3 is 10.7 Å². The summed E-state index contributed by atoms with van der Waals surface area (Å²) in [6, 6.07) is 0. The van der Waals surface area contributed by atoms with Crippen molar-refractivity contribution in [2.24, 2.45) is 5.73 Å². The molecule has 0 aliphatic carbocycles. The minimum atomic E-state index is -3.96. The van der Waals surface area contributed by atoms with E-state index in [0.717, 1.165) is 12.5 Å². The first-order chi connectivity index (χ1) is 6.87. The molecule has 0 amide bonds. The maximum atomic E-state index is 12.6. The highest BCUT2D eigenvalue weighted by Gasteiger charge is 2.29. The fraction of sp³-hybridized carbons (Fsp3) is 0.500. The zero-order chi connectivity index (χ0) is 11.5. The molecule has 9 heteroatoms. The van der Waals surface area contributed by atoms with Crippen LogP contribution >= 0.6 is 0 Å². The molecule has 0 saturated heterocycles. The number of nitrogens with zero attached hydrogens (tertiary/aromatic N) is 1. The van der Waals surface area contributed by atoms with Gasteiger partial charge in [0.2, 0.25) is 0 Å². The second-order valence-electron chi connectivity index (χ2n) is 2.80. The minimum absolute atomic E-state index is 0.268. The first-order valence-corrected chi connectivity index (χ1v) is 5.42. The van der Waals surface area contributed by atoms with E-state index in [-0.39, 0.29) is 5.03 Å². The Morgan fingerprint density at radius 1 is 1.60 bits per heavy atom. The second-order valence-corrected chi connectivity index (χ2v) is 4.54. The van der Waals surface area contributed by atoms with E-state index in [9.17, 15) is 17.2 Å². The van der Waals surface area contributed by atoms with E-state index in [2.05, 4.69) is 9.97 Å². The van der Waals surface area contributed by atoms with Crippen LogP contribution in [-0.4, -0.2) is 37.4 Å². The van der Waals surface area contributed by atoms with Gasteiger partial charge in [-0.1, -0.05) is 0 Å². The number of rotatable bonds is 5. The van der Waals surface area contributed by atoms with Gasteiger partial charge in [-0.25, -0.2) is 26.9 Å². The largest absolute Gasteiger partial charge is 0.335 e. The maximum Gasteiger partial charge on any atom is 0.273 e. The number of hydrogen-bond donors (Lipinski definition) is 3. The van der Waals surface area contributed by atoms with E-state index in [1.54, 1.807) is 4.72 Å². The maximum absolute atomic E-state index is 12.6. The van der Waals surface area contributed by atoms with Gasteiger partial charge in [-0.05, 0) is 0 Å². The lowest BCUT2D eigenvalue weighted by Gasteiger charge is -2.13. The first kappa shape index (κ1) is 12.0. The number of sulfonamides is 1. The summed E-state index contributed by atoms with van der Waals surface area (Å²) in [5, 5.41) is -0.268. The second kappa shape index (κ2) is 4.21. The number of aromatic amines is 1. The van der Waals surface area contributed by atoms with Crippen LogP contribution in [0.4, 0.5) is 8.78 Å². The zero-order valence-corrected chi connectivity index (χ0v) is 8.39. The average Bonchev–Trinajstić information content (AvgIpc) is 2.69. The Morgan fingerprint density at radius 2 is 2.27 bits per heavy atom. The number of hydrogen-bond acceptors (Lipinski definition) is 4. The van der Waals surface area contributed by atoms with Crippen LogP contribution in [0.1, 0.15) is 0 Å². The summed E-state index contributed by atoms with van der Waals surface area (Å²) in [5.74, 6) is -3.26. The third kappa shape index (κ3) is 3.22. The van der Waals surface area contributed by atoms with Crippen LogP contribution in [0.3, 0.4) is 0 Å². The summed E-state index contributed by atoms with van der Waals surface area (Å²) in [7, 11) is -3.96. The van der Waals surface area contributed by atoms with E-state index in [0.29, 0.717) is 0 Å². The van der Waals surface area contributed by atoms with Gasteiger partial charge in [-0.2, -0.15) is 0 Å². The van der Waals surface area contributed by atoms with E-state index in [1.165, 1.54) is 0 Å². The van der Waals surface area contributed by atoms with Gasteiger partial charge in [0.25, 0.3) is 15.9 Å². The SMILES string of the molecule is NCC(F)(F)CNS(=O)(=O)c1cnc[nH]1. The summed E-state index contributed by atoms with van der Waals surface area (Å²) in [6.45, 7) is -1.96. The van der Waals surface area contributed by atoms with Crippen LogP contribution in [0.25, 0.3) is 0 Å². The molecule has 0 fully saturated rings. The van der Waals surface area contributed by atoms with Gasteiger partial charge in [-0.15, -0.1) is 0 Å². The molecular weight excluding hydrogens is 230 g/mol. The average molecular weight is 240 g/mol. The molecule has 0 atom stereocenters. The van der Waals surface area contributed by atoms with Gasteiger partial charge in [0.1, 0.15) is 0 Å². The number of alkyl halides is 2. The Hall–Kier alpha value is -1.06. The van der Waals surface area contributed by atoms with Crippen LogP contribution < -0.4 is 10.5 Å². The monoisotopic (exact) mass is 240 g/mol. The summed E-state index contributed by atoms with van der Waals surface area (Å²) in [6.07, 6.45) is 2.15. The molecule has 0 aliphatic rings. The number of imidazole rings is 1. The van der Waals surface area contributed by atoms with E-state index >= 15 is 0 Å². The predicted octanol–water partition coefficient (Wildman–Crippen LogP) is -0.718. The smallest absolute Gasteiger partial charge is 0.273 e. The van der Waals surface area contributed by atoms with Gasteiger partial charge in [0, 0.05) is 0 Å². The number of H-pyrrole nitrogens is 1. The molecule has 0 radical (unpaired) electrons. The molecule has 0 bridgehead atoms. The molecule has 0 aromatic carbocycles. The van der Waals surface area contributed by atoms with Crippen molar-refractivity contribution >= 4 is 10.0 Å². The molecule has 6 nitrogen and oxygen atoms in total.